The van der Waals surface area contributed by atoms with E-state index < -0.39 is 11.6 Å². The Balaban J connectivity index is 2.20. The molecule has 0 aromatic heterocycles. The molecule has 6 heteroatoms. The van der Waals surface area contributed by atoms with E-state index in [-0.39, 0.29) is 12.5 Å². The molecule has 1 aromatic rings. The number of rotatable bonds is 10. The predicted octanol–water partition coefficient (Wildman–Crippen LogP) is 2.23. The molecule has 140 valence electrons. The van der Waals surface area contributed by atoms with Gasteiger partial charge in [0, 0.05) is 31.6 Å². The van der Waals surface area contributed by atoms with E-state index >= 15 is 0 Å². The molecule has 26 heavy (non-hydrogen) atoms. The van der Waals surface area contributed by atoms with Crippen LogP contribution in [0.25, 0.3) is 0 Å². The van der Waals surface area contributed by atoms with Crippen LogP contribution in [0.4, 0.5) is 0 Å². The zero-order valence-electron chi connectivity index (χ0n) is 15.1. The molecule has 2 N–H and O–H groups in total. The quantitative estimate of drug-likeness (QED) is 0.496. The second-order valence-electron chi connectivity index (χ2n) is 6.04. The molecule has 6 nitrogen and oxygen atoms in total. The molecule has 0 radical (unpaired) electrons. The lowest BCUT2D eigenvalue weighted by atomic mass is 9.89. The van der Waals surface area contributed by atoms with Crippen molar-refractivity contribution >= 4 is 11.8 Å². The van der Waals surface area contributed by atoms with Crippen LogP contribution < -0.4 is 10.1 Å². The summed E-state index contributed by atoms with van der Waals surface area (Å²) < 4.78 is 11.4. The predicted molar refractivity (Wildman–Crippen MR) is 101 cm³/mol. The minimum absolute atomic E-state index is 0.0971. The van der Waals surface area contributed by atoms with Crippen LogP contribution in [0.5, 0.6) is 5.75 Å². The molecular weight excluding hydrogens is 332 g/mol. The molecule has 0 saturated carbocycles. The summed E-state index contributed by atoms with van der Waals surface area (Å²) in [5.41, 5.74) is -0.259. The number of hydrogen-bond acceptors (Lipinski definition) is 5. The molecular formula is C20H26N2O4. The molecule has 0 unspecified atom stereocenters. The van der Waals surface area contributed by atoms with Crippen molar-refractivity contribution in [2.45, 2.75) is 31.4 Å². The smallest absolute Gasteiger partial charge is 0.252 e. The van der Waals surface area contributed by atoms with Gasteiger partial charge in [0.05, 0.1) is 6.61 Å². The highest BCUT2D eigenvalue weighted by molar-refractivity contribution is 6.00. The Labute approximate surface area is 154 Å². The van der Waals surface area contributed by atoms with Crippen LogP contribution in [0, 0.1) is 0 Å². The molecule has 2 atom stereocenters. The summed E-state index contributed by atoms with van der Waals surface area (Å²) in [7, 11) is 0. The minimum atomic E-state index is -1.03. The monoisotopic (exact) mass is 358 g/mol. The third kappa shape index (κ3) is 4.32. The molecule has 1 aromatic carbocycles. The number of nitrogens with one attached hydrogen (secondary N) is 1. The maximum Gasteiger partial charge on any atom is 0.252 e. The summed E-state index contributed by atoms with van der Waals surface area (Å²) in [6.07, 6.45) is 3.85. The Hall–Kier alpha value is -2.60. The van der Waals surface area contributed by atoms with Crippen LogP contribution in [0.1, 0.15) is 25.3 Å². The van der Waals surface area contributed by atoms with Crippen LogP contribution in [-0.2, 0) is 9.53 Å². The number of aliphatic hydroxyl groups is 1. The van der Waals surface area contributed by atoms with E-state index in [9.17, 15) is 4.79 Å². The average molecular weight is 358 g/mol. The van der Waals surface area contributed by atoms with E-state index in [1.165, 1.54) is 0 Å². The summed E-state index contributed by atoms with van der Waals surface area (Å²) >= 11 is 0. The maximum absolute atomic E-state index is 12.7. The lowest BCUT2D eigenvalue weighted by Gasteiger charge is -2.26. The molecule has 0 saturated heterocycles. The molecule has 2 rings (SSSR count). The molecule has 0 fully saturated rings. The fourth-order valence-corrected chi connectivity index (χ4v) is 2.72. The second-order valence-corrected chi connectivity index (χ2v) is 6.04. The van der Waals surface area contributed by atoms with Crippen molar-refractivity contribution in [3.63, 3.8) is 0 Å². The molecule has 0 bridgehead atoms. The first kappa shape index (κ1) is 19.7. The third-order valence-corrected chi connectivity index (χ3v) is 4.19. The third-order valence-electron chi connectivity index (χ3n) is 4.19. The number of carbonyl (C=O) groups excluding carboxylic acids is 1. The Bertz CT molecular complexity index is 669. The molecule has 1 heterocycles. The first-order valence-electron chi connectivity index (χ1n) is 8.68. The van der Waals surface area contributed by atoms with Crippen molar-refractivity contribution < 1.29 is 19.4 Å². The van der Waals surface area contributed by atoms with Gasteiger partial charge in [-0.05, 0) is 31.2 Å². The number of benzene rings is 1. The number of amides is 1. The summed E-state index contributed by atoms with van der Waals surface area (Å²) in [5, 5.41) is 11.6. The standard InChI is InChI=1S/C20H26N2O4/c1-4-11-20(19(24)21-12-5-2)15(3)26-18(22-20)16-7-9-17(10-8-16)25-14-6-13-23/h4-5,7-10,15,23H,1-2,6,11-14H2,3H3,(H,21,24)/t15-,20-/m1/s1. The van der Waals surface area contributed by atoms with E-state index in [1.807, 2.05) is 31.2 Å². The van der Waals surface area contributed by atoms with Gasteiger partial charge in [0.15, 0.2) is 5.54 Å². The normalized spacial score (nSPS) is 21.5. The summed E-state index contributed by atoms with van der Waals surface area (Å²) in [6.45, 7) is 10.1. The largest absolute Gasteiger partial charge is 0.494 e. The molecule has 1 aliphatic rings. The highest BCUT2D eigenvalue weighted by Crippen LogP contribution is 2.32. The van der Waals surface area contributed by atoms with E-state index in [4.69, 9.17) is 14.6 Å². The summed E-state index contributed by atoms with van der Waals surface area (Å²) in [4.78, 5) is 17.3. The fraction of sp³-hybridized carbons (Fsp3) is 0.400. The van der Waals surface area contributed by atoms with Crippen molar-refractivity contribution in [2.75, 3.05) is 19.8 Å². The van der Waals surface area contributed by atoms with Gasteiger partial charge in [-0.2, -0.15) is 0 Å². The molecule has 0 aliphatic carbocycles. The van der Waals surface area contributed by atoms with Gasteiger partial charge in [-0.3, -0.25) is 4.79 Å². The Morgan fingerprint density at radius 2 is 2.12 bits per heavy atom. The van der Waals surface area contributed by atoms with Crippen LogP contribution in [0.3, 0.4) is 0 Å². The van der Waals surface area contributed by atoms with Gasteiger partial charge in [-0.25, -0.2) is 4.99 Å². The van der Waals surface area contributed by atoms with E-state index in [2.05, 4.69) is 23.5 Å². The lowest BCUT2D eigenvalue weighted by Crippen LogP contribution is -2.50. The van der Waals surface area contributed by atoms with Gasteiger partial charge in [0.2, 0.25) is 5.90 Å². The molecule has 0 spiro atoms. The molecule has 1 aliphatic heterocycles. The van der Waals surface area contributed by atoms with Gasteiger partial charge in [-0.1, -0.05) is 12.2 Å². The van der Waals surface area contributed by atoms with E-state index in [0.717, 1.165) is 5.56 Å². The van der Waals surface area contributed by atoms with Crippen LogP contribution in [0.2, 0.25) is 0 Å². The number of hydrogen-bond donors (Lipinski definition) is 2. The second kappa shape index (κ2) is 9.20. The average Bonchev–Trinajstić information content (AvgIpc) is 2.98. The number of aliphatic imine (C=N–C) groups is 1. The SMILES string of the molecule is C=CCNC(=O)[C@]1(CC=C)N=C(c2ccc(OCCCO)cc2)O[C@@H]1C. The summed E-state index contributed by atoms with van der Waals surface area (Å²) in [5.74, 6) is 0.925. The van der Waals surface area contributed by atoms with Crippen LogP contribution in [-0.4, -0.2) is 48.3 Å². The Morgan fingerprint density at radius 1 is 1.38 bits per heavy atom. The van der Waals surface area contributed by atoms with Crippen molar-refractivity contribution in [1.82, 2.24) is 5.32 Å². The van der Waals surface area contributed by atoms with Crippen molar-refractivity contribution in [3.05, 3.63) is 55.1 Å². The van der Waals surface area contributed by atoms with Crippen LogP contribution >= 0.6 is 0 Å². The van der Waals surface area contributed by atoms with Crippen molar-refractivity contribution in [3.8, 4) is 5.75 Å². The van der Waals surface area contributed by atoms with Gasteiger partial charge < -0.3 is 19.9 Å². The van der Waals surface area contributed by atoms with Gasteiger partial charge >= 0.3 is 0 Å². The zero-order valence-corrected chi connectivity index (χ0v) is 15.1. The minimum Gasteiger partial charge on any atom is -0.494 e. The van der Waals surface area contributed by atoms with Gasteiger partial charge in [0.1, 0.15) is 11.9 Å². The number of nitrogens with zero attached hydrogens (tertiary/aromatic N) is 1. The number of aliphatic hydroxyl groups excluding tert-OH is 1. The lowest BCUT2D eigenvalue weighted by molar-refractivity contribution is -0.128. The fourth-order valence-electron chi connectivity index (χ4n) is 2.72. The van der Waals surface area contributed by atoms with Crippen molar-refractivity contribution in [1.29, 1.82) is 0 Å². The zero-order chi connectivity index (χ0) is 19.0. The molecule has 1 amide bonds. The van der Waals surface area contributed by atoms with E-state index in [1.54, 1.807) is 12.2 Å². The highest BCUT2D eigenvalue weighted by Gasteiger charge is 2.49. The van der Waals surface area contributed by atoms with Crippen LogP contribution in [0.15, 0.2) is 54.6 Å². The Morgan fingerprint density at radius 3 is 2.73 bits per heavy atom. The first-order valence-corrected chi connectivity index (χ1v) is 8.68. The van der Waals surface area contributed by atoms with Gasteiger partial charge in [0.25, 0.3) is 5.91 Å². The number of carbonyl (C=O) groups is 1. The Kier molecular flexibility index (Phi) is 6.97. The maximum atomic E-state index is 12.7. The van der Waals surface area contributed by atoms with Gasteiger partial charge in [-0.15, -0.1) is 13.2 Å². The van der Waals surface area contributed by atoms with Crippen molar-refractivity contribution in [2.24, 2.45) is 4.99 Å². The first-order chi connectivity index (χ1) is 12.6. The number of ether oxygens (including phenoxy) is 2. The van der Waals surface area contributed by atoms with E-state index in [0.29, 0.717) is 37.6 Å². The summed E-state index contributed by atoms with van der Waals surface area (Å²) in [6, 6.07) is 7.31. The topological polar surface area (TPSA) is 80.2 Å². The highest BCUT2D eigenvalue weighted by atomic mass is 16.5.